The molecule has 0 spiro atoms. The lowest BCUT2D eigenvalue weighted by Crippen LogP contribution is -2.40. The van der Waals surface area contributed by atoms with Crippen molar-refractivity contribution in [1.29, 1.82) is 0 Å². The fourth-order valence-corrected chi connectivity index (χ4v) is 5.98. The molecule has 172 valence electrons. The molecule has 0 aliphatic heterocycles. The van der Waals surface area contributed by atoms with E-state index in [9.17, 15) is 22.0 Å². The summed E-state index contributed by atoms with van der Waals surface area (Å²) in [5, 5.41) is 2.84. The highest BCUT2D eigenvalue weighted by Gasteiger charge is 2.40. The van der Waals surface area contributed by atoms with Crippen molar-refractivity contribution in [2.75, 3.05) is 6.54 Å². The molecule has 3 aromatic carbocycles. The number of benzene rings is 3. The van der Waals surface area contributed by atoms with Crippen LogP contribution in [0.2, 0.25) is 0 Å². The molecule has 3 aromatic rings. The molecule has 0 unspecified atom stereocenters. The maximum atomic E-state index is 14.5. The number of carbonyl (C=O) groups is 1. The molecule has 4 rings (SSSR count). The summed E-state index contributed by atoms with van der Waals surface area (Å²) in [6, 6.07) is 18.4. The van der Waals surface area contributed by atoms with Gasteiger partial charge in [-0.1, -0.05) is 49.2 Å². The quantitative estimate of drug-likeness (QED) is 0.519. The molecule has 1 aliphatic carbocycles. The highest BCUT2D eigenvalue weighted by atomic mass is 32.2. The standard InChI is InChI=1S/C26H25F2NO3S/c27-22-9-6-10-23(28)24(22)26(15-4-5-16-26)18-29-25(30)20-13-11-19(12-14-20)17-33(31,32)21-7-2-1-3-8-21/h1-3,6-14H,4-5,15-18H2,(H,29,30). The summed E-state index contributed by atoms with van der Waals surface area (Å²) in [6.45, 7) is 0.133. The van der Waals surface area contributed by atoms with E-state index in [-0.39, 0.29) is 28.7 Å². The summed E-state index contributed by atoms with van der Waals surface area (Å²) in [4.78, 5) is 13.0. The fourth-order valence-electron chi connectivity index (χ4n) is 4.61. The van der Waals surface area contributed by atoms with Gasteiger partial charge in [0.1, 0.15) is 11.6 Å². The minimum Gasteiger partial charge on any atom is -0.351 e. The van der Waals surface area contributed by atoms with Crippen molar-refractivity contribution in [2.45, 2.75) is 41.7 Å². The van der Waals surface area contributed by atoms with Gasteiger partial charge in [-0.3, -0.25) is 4.79 Å². The number of hydrogen-bond acceptors (Lipinski definition) is 3. The Morgan fingerprint density at radius 1 is 0.848 bits per heavy atom. The molecule has 1 fully saturated rings. The predicted octanol–water partition coefficient (Wildman–Crippen LogP) is 5.18. The maximum absolute atomic E-state index is 14.5. The van der Waals surface area contributed by atoms with Crippen LogP contribution in [0.1, 0.15) is 47.2 Å². The average Bonchev–Trinajstić information content (AvgIpc) is 3.28. The molecule has 0 radical (unpaired) electrons. The first-order valence-corrected chi connectivity index (χ1v) is 12.6. The van der Waals surface area contributed by atoms with E-state index in [1.54, 1.807) is 54.6 Å². The van der Waals surface area contributed by atoms with Crippen LogP contribution in [0.15, 0.2) is 77.7 Å². The zero-order valence-electron chi connectivity index (χ0n) is 18.1. The van der Waals surface area contributed by atoms with Gasteiger partial charge in [-0.25, -0.2) is 17.2 Å². The van der Waals surface area contributed by atoms with Gasteiger partial charge in [-0.2, -0.15) is 0 Å². The molecule has 0 atom stereocenters. The monoisotopic (exact) mass is 469 g/mol. The highest BCUT2D eigenvalue weighted by molar-refractivity contribution is 7.90. The van der Waals surface area contributed by atoms with Crippen LogP contribution in [0.3, 0.4) is 0 Å². The van der Waals surface area contributed by atoms with Crippen LogP contribution >= 0.6 is 0 Å². The average molecular weight is 470 g/mol. The Labute approximate surface area is 192 Å². The normalized spacial score (nSPS) is 15.3. The summed E-state index contributed by atoms with van der Waals surface area (Å²) in [6.07, 6.45) is 2.88. The zero-order valence-corrected chi connectivity index (χ0v) is 18.9. The van der Waals surface area contributed by atoms with E-state index in [0.717, 1.165) is 12.8 Å². The van der Waals surface area contributed by atoms with Crippen molar-refractivity contribution >= 4 is 15.7 Å². The van der Waals surface area contributed by atoms with Crippen molar-refractivity contribution in [3.05, 3.63) is 101 Å². The minimum absolute atomic E-state index is 0.0456. The number of hydrogen-bond donors (Lipinski definition) is 1. The summed E-state index contributed by atoms with van der Waals surface area (Å²) in [7, 11) is -3.49. The Morgan fingerprint density at radius 3 is 2.06 bits per heavy atom. The SMILES string of the molecule is O=C(NCC1(c2c(F)cccc2F)CCCC1)c1ccc(CS(=O)(=O)c2ccccc2)cc1. The van der Waals surface area contributed by atoms with E-state index < -0.39 is 26.9 Å². The van der Waals surface area contributed by atoms with E-state index in [0.29, 0.717) is 24.0 Å². The minimum atomic E-state index is -3.49. The van der Waals surface area contributed by atoms with Gasteiger partial charge < -0.3 is 5.32 Å². The summed E-state index contributed by atoms with van der Waals surface area (Å²) in [5.41, 5.74) is 0.202. The number of sulfone groups is 1. The van der Waals surface area contributed by atoms with Crippen LogP contribution in [0.5, 0.6) is 0 Å². The van der Waals surface area contributed by atoms with Crippen molar-refractivity contribution < 1.29 is 22.0 Å². The van der Waals surface area contributed by atoms with E-state index in [2.05, 4.69) is 5.32 Å². The Hall–Kier alpha value is -3.06. The largest absolute Gasteiger partial charge is 0.351 e. The van der Waals surface area contributed by atoms with Crippen molar-refractivity contribution in [3.63, 3.8) is 0 Å². The van der Waals surface area contributed by atoms with Crippen LogP contribution in [0.4, 0.5) is 8.78 Å². The van der Waals surface area contributed by atoms with Gasteiger partial charge in [-0.15, -0.1) is 0 Å². The molecule has 0 saturated heterocycles. The lowest BCUT2D eigenvalue weighted by molar-refractivity contribution is 0.0942. The van der Waals surface area contributed by atoms with Gasteiger partial charge in [0, 0.05) is 23.1 Å². The highest BCUT2D eigenvalue weighted by Crippen LogP contribution is 2.42. The Kier molecular flexibility index (Phi) is 6.61. The van der Waals surface area contributed by atoms with Gasteiger partial charge in [0.2, 0.25) is 0 Å². The first-order valence-electron chi connectivity index (χ1n) is 10.9. The van der Waals surface area contributed by atoms with Gasteiger partial charge in [0.25, 0.3) is 5.91 Å². The molecule has 1 aliphatic rings. The molecular weight excluding hydrogens is 444 g/mol. The van der Waals surface area contributed by atoms with Gasteiger partial charge in [0.05, 0.1) is 10.6 Å². The molecule has 1 saturated carbocycles. The molecule has 1 N–H and O–H groups in total. The molecule has 0 bridgehead atoms. The molecule has 4 nitrogen and oxygen atoms in total. The van der Waals surface area contributed by atoms with E-state index in [1.807, 2.05) is 0 Å². The topological polar surface area (TPSA) is 63.2 Å². The zero-order chi connectivity index (χ0) is 23.5. The molecule has 7 heteroatoms. The molecule has 1 amide bonds. The van der Waals surface area contributed by atoms with Gasteiger partial charge >= 0.3 is 0 Å². The Balaban J connectivity index is 1.46. The van der Waals surface area contributed by atoms with Crippen LogP contribution < -0.4 is 5.32 Å². The second-order valence-corrected chi connectivity index (χ2v) is 10.5. The molecular formula is C26H25F2NO3S. The second-order valence-electron chi connectivity index (χ2n) is 8.54. The van der Waals surface area contributed by atoms with E-state index in [1.165, 1.54) is 18.2 Å². The van der Waals surface area contributed by atoms with Crippen molar-refractivity contribution in [2.24, 2.45) is 0 Å². The predicted molar refractivity (Wildman–Crippen MR) is 123 cm³/mol. The number of nitrogens with one attached hydrogen (secondary N) is 1. The first-order chi connectivity index (χ1) is 15.8. The summed E-state index contributed by atoms with van der Waals surface area (Å²) >= 11 is 0. The number of rotatable bonds is 7. The lowest BCUT2D eigenvalue weighted by Gasteiger charge is -2.30. The van der Waals surface area contributed by atoms with Crippen LogP contribution in [0.25, 0.3) is 0 Å². The Morgan fingerprint density at radius 2 is 1.45 bits per heavy atom. The van der Waals surface area contributed by atoms with E-state index >= 15 is 0 Å². The summed E-state index contributed by atoms with van der Waals surface area (Å²) in [5.74, 6) is -1.71. The van der Waals surface area contributed by atoms with Gasteiger partial charge in [-0.05, 0) is 54.8 Å². The number of amides is 1. The third-order valence-corrected chi connectivity index (χ3v) is 8.02. The molecule has 0 aromatic heterocycles. The number of carbonyl (C=O) groups excluding carboxylic acids is 1. The van der Waals surface area contributed by atoms with E-state index in [4.69, 9.17) is 0 Å². The van der Waals surface area contributed by atoms with Gasteiger partial charge in [0.15, 0.2) is 9.84 Å². The molecule has 0 heterocycles. The third kappa shape index (κ3) is 4.98. The smallest absolute Gasteiger partial charge is 0.251 e. The molecule has 33 heavy (non-hydrogen) atoms. The van der Waals surface area contributed by atoms with Crippen LogP contribution in [0, 0.1) is 11.6 Å². The van der Waals surface area contributed by atoms with Crippen molar-refractivity contribution in [3.8, 4) is 0 Å². The summed E-state index contributed by atoms with van der Waals surface area (Å²) < 4.78 is 54.1. The van der Waals surface area contributed by atoms with Crippen LogP contribution in [-0.4, -0.2) is 20.9 Å². The first kappa shape index (κ1) is 23.1. The van der Waals surface area contributed by atoms with Crippen molar-refractivity contribution in [1.82, 2.24) is 5.32 Å². The number of halogens is 2. The lowest BCUT2D eigenvalue weighted by atomic mass is 9.78. The second kappa shape index (κ2) is 9.43. The fraction of sp³-hybridized carbons (Fsp3) is 0.269. The Bertz CT molecular complexity index is 1220. The third-order valence-electron chi connectivity index (χ3n) is 6.32. The van der Waals surface area contributed by atoms with Crippen LogP contribution in [-0.2, 0) is 21.0 Å². The maximum Gasteiger partial charge on any atom is 0.251 e.